The van der Waals surface area contributed by atoms with Crippen LogP contribution in [0.3, 0.4) is 0 Å². The smallest absolute Gasteiger partial charge is 0.346 e. The Labute approximate surface area is 241 Å². The molecule has 2 aromatic carbocycles. The van der Waals surface area contributed by atoms with Crippen molar-refractivity contribution in [1.29, 1.82) is 0 Å². The molecular formula is C28H26F8N2O4S. The maximum absolute atomic E-state index is 15.0. The summed E-state index contributed by atoms with van der Waals surface area (Å²) in [6.07, 6.45) is -13.2. The molecule has 0 aromatic heterocycles. The highest BCUT2D eigenvalue weighted by molar-refractivity contribution is 7.92. The van der Waals surface area contributed by atoms with Crippen molar-refractivity contribution in [2.45, 2.75) is 65.8 Å². The Kier molecular flexibility index (Phi) is 7.37. The minimum Gasteiger partial charge on any atom is -0.346 e. The number of alkyl halides is 7. The number of rotatable bonds is 4. The summed E-state index contributed by atoms with van der Waals surface area (Å²) >= 11 is 0. The average molecular weight is 639 g/mol. The quantitative estimate of drug-likeness (QED) is 0.341. The number of likely N-dealkylation sites (tertiary alicyclic amines) is 2. The predicted molar refractivity (Wildman–Crippen MR) is 135 cm³/mol. The Balaban J connectivity index is 1.66. The van der Waals surface area contributed by atoms with Crippen LogP contribution in [0.2, 0.25) is 0 Å². The zero-order chi connectivity index (χ0) is 31.8. The molecule has 6 nitrogen and oxygen atoms in total. The number of nitrogens with zero attached hydrogens (tertiary/aromatic N) is 2. The predicted octanol–water partition coefficient (Wildman–Crippen LogP) is 5.20. The SMILES string of the molecule is CN1CCC(C(=O)N2CC[C@]3(S(=O)(=O)c4ccc(F)cc4)c4ccc(C(F)(C(F)(F)F)C(F)(F)F)cc4CC[C@H]23)CC1=O. The fraction of sp³-hybridized carbons (Fsp3) is 0.500. The van der Waals surface area contributed by atoms with Crippen molar-refractivity contribution in [3.05, 3.63) is 65.0 Å². The highest BCUT2D eigenvalue weighted by atomic mass is 32.2. The molecule has 2 saturated heterocycles. The Morgan fingerprint density at radius 3 is 2.14 bits per heavy atom. The number of carbonyl (C=O) groups is 2. The average Bonchev–Trinajstić information content (AvgIpc) is 3.34. The number of aryl methyl sites for hydroxylation is 1. The van der Waals surface area contributed by atoms with Crippen LogP contribution in [0.1, 0.15) is 42.4 Å². The Morgan fingerprint density at radius 1 is 0.930 bits per heavy atom. The molecule has 234 valence electrons. The number of carbonyl (C=O) groups excluding carboxylic acids is 2. The first-order valence-electron chi connectivity index (χ1n) is 13.4. The van der Waals surface area contributed by atoms with Crippen LogP contribution >= 0.6 is 0 Å². The van der Waals surface area contributed by atoms with E-state index < -0.39 is 61.9 Å². The van der Waals surface area contributed by atoms with Gasteiger partial charge in [0.1, 0.15) is 10.6 Å². The van der Waals surface area contributed by atoms with E-state index in [1.54, 1.807) is 7.05 Å². The summed E-state index contributed by atoms with van der Waals surface area (Å²) in [6, 6.07) is 4.08. The molecule has 15 heteroatoms. The normalized spacial score (nSPS) is 25.0. The highest BCUT2D eigenvalue weighted by Crippen LogP contribution is 2.57. The number of halogens is 8. The third-order valence-corrected chi connectivity index (χ3v) is 11.5. The summed E-state index contributed by atoms with van der Waals surface area (Å²) in [5.74, 6) is -2.27. The molecule has 0 radical (unpaired) electrons. The number of sulfone groups is 1. The lowest BCUT2D eigenvalue weighted by atomic mass is 9.76. The zero-order valence-corrected chi connectivity index (χ0v) is 23.4. The Bertz CT molecular complexity index is 1540. The molecule has 2 aliphatic heterocycles. The summed E-state index contributed by atoms with van der Waals surface area (Å²) in [6.45, 7) is 0.158. The van der Waals surface area contributed by atoms with E-state index in [1.165, 1.54) is 9.80 Å². The maximum atomic E-state index is 15.0. The number of hydrogen-bond donors (Lipinski definition) is 0. The van der Waals surface area contributed by atoms with Crippen molar-refractivity contribution in [2.75, 3.05) is 20.1 Å². The van der Waals surface area contributed by atoms with E-state index in [0.717, 1.165) is 30.3 Å². The Hall–Kier alpha value is -3.23. The summed E-state index contributed by atoms with van der Waals surface area (Å²) in [5.41, 5.74) is -7.85. The molecule has 2 amide bonds. The van der Waals surface area contributed by atoms with Gasteiger partial charge >= 0.3 is 18.0 Å². The van der Waals surface area contributed by atoms with Crippen LogP contribution < -0.4 is 0 Å². The monoisotopic (exact) mass is 638 g/mol. The first-order chi connectivity index (χ1) is 19.9. The van der Waals surface area contributed by atoms with Gasteiger partial charge in [-0.3, -0.25) is 9.59 Å². The molecule has 1 aliphatic carbocycles. The molecule has 2 fully saturated rings. The summed E-state index contributed by atoms with van der Waals surface area (Å²) in [4.78, 5) is 28.4. The fourth-order valence-corrected chi connectivity index (χ4v) is 9.07. The minimum absolute atomic E-state index is 0.107. The lowest BCUT2D eigenvalue weighted by Crippen LogP contribution is -2.54. The van der Waals surface area contributed by atoms with Crippen molar-refractivity contribution >= 4 is 21.7 Å². The second kappa shape index (κ2) is 10.2. The standard InChI is InChI=1S/C28H26F8N2O4S/c1-37-12-10-17(15-23(37)39)24(40)38-13-11-25(43(41,42)20-6-4-19(29)5-7-20)21-8-3-18(14-16(21)2-9-22(25)38)26(30,27(31,32)33)28(34,35)36/h3-8,14,17,22H,2,9-13,15H2,1H3/t17?,22-,25-/m0/s1. The van der Waals surface area contributed by atoms with Crippen LogP contribution in [0.4, 0.5) is 35.1 Å². The lowest BCUT2D eigenvalue weighted by molar-refractivity contribution is -0.348. The van der Waals surface area contributed by atoms with Crippen LogP contribution in [-0.4, -0.2) is 68.6 Å². The second-order valence-electron chi connectivity index (χ2n) is 11.2. The van der Waals surface area contributed by atoms with Crippen molar-refractivity contribution < 1.29 is 53.1 Å². The van der Waals surface area contributed by atoms with Crippen molar-refractivity contribution in [3.8, 4) is 0 Å². The van der Waals surface area contributed by atoms with Gasteiger partial charge in [-0.05, 0) is 61.1 Å². The van der Waals surface area contributed by atoms with Gasteiger partial charge < -0.3 is 9.80 Å². The van der Waals surface area contributed by atoms with Gasteiger partial charge in [-0.2, -0.15) is 26.3 Å². The van der Waals surface area contributed by atoms with Gasteiger partial charge in [0.05, 0.1) is 10.9 Å². The summed E-state index contributed by atoms with van der Waals surface area (Å²) in [7, 11) is -3.01. The highest BCUT2D eigenvalue weighted by Gasteiger charge is 2.74. The van der Waals surface area contributed by atoms with E-state index in [0.29, 0.717) is 19.0 Å². The van der Waals surface area contributed by atoms with Crippen molar-refractivity contribution in [1.82, 2.24) is 9.80 Å². The molecule has 0 bridgehead atoms. The number of piperidine rings is 1. The molecule has 0 spiro atoms. The van der Waals surface area contributed by atoms with Crippen molar-refractivity contribution in [3.63, 3.8) is 0 Å². The van der Waals surface area contributed by atoms with Crippen molar-refractivity contribution in [2.24, 2.45) is 5.92 Å². The number of hydrogen-bond acceptors (Lipinski definition) is 4. The molecule has 2 heterocycles. The number of benzene rings is 2. The van der Waals surface area contributed by atoms with E-state index in [-0.39, 0.29) is 60.2 Å². The summed E-state index contributed by atoms with van der Waals surface area (Å²) < 4.78 is 136. The molecule has 1 unspecified atom stereocenters. The molecule has 43 heavy (non-hydrogen) atoms. The Morgan fingerprint density at radius 2 is 1.56 bits per heavy atom. The minimum atomic E-state index is -6.36. The molecule has 5 rings (SSSR count). The maximum Gasteiger partial charge on any atom is 0.435 e. The third kappa shape index (κ3) is 4.60. The molecular weight excluding hydrogens is 612 g/mol. The van der Waals surface area contributed by atoms with Gasteiger partial charge in [0.25, 0.3) is 0 Å². The van der Waals surface area contributed by atoms with Gasteiger partial charge in [-0.25, -0.2) is 17.2 Å². The van der Waals surface area contributed by atoms with Crippen LogP contribution in [0.5, 0.6) is 0 Å². The van der Waals surface area contributed by atoms with E-state index in [9.17, 15) is 53.1 Å². The fourth-order valence-electron chi connectivity index (χ4n) is 6.71. The topological polar surface area (TPSA) is 74.8 Å². The first kappa shape index (κ1) is 31.2. The summed E-state index contributed by atoms with van der Waals surface area (Å²) in [5, 5.41) is 0. The molecule has 0 N–H and O–H groups in total. The molecule has 3 aliphatic rings. The van der Waals surface area contributed by atoms with Gasteiger partial charge in [-0.1, -0.05) is 18.2 Å². The number of fused-ring (bicyclic) bond motifs is 3. The van der Waals surface area contributed by atoms with Crippen LogP contribution in [0.15, 0.2) is 47.4 Å². The van der Waals surface area contributed by atoms with E-state index in [4.69, 9.17) is 0 Å². The molecule has 0 saturated carbocycles. The van der Waals surface area contributed by atoms with Gasteiger partial charge in [0.15, 0.2) is 9.84 Å². The van der Waals surface area contributed by atoms with Gasteiger partial charge in [0, 0.05) is 38.0 Å². The van der Waals surface area contributed by atoms with Crippen LogP contribution in [0.25, 0.3) is 0 Å². The number of amides is 2. The first-order valence-corrected chi connectivity index (χ1v) is 14.9. The van der Waals surface area contributed by atoms with Crippen LogP contribution in [-0.2, 0) is 36.3 Å². The van der Waals surface area contributed by atoms with Gasteiger partial charge in [0.2, 0.25) is 11.8 Å². The molecule has 2 aromatic rings. The molecule has 3 atom stereocenters. The van der Waals surface area contributed by atoms with E-state index >= 15 is 0 Å². The van der Waals surface area contributed by atoms with Crippen LogP contribution in [0, 0.1) is 11.7 Å². The van der Waals surface area contributed by atoms with Gasteiger partial charge in [-0.15, -0.1) is 0 Å². The lowest BCUT2D eigenvalue weighted by Gasteiger charge is -2.44. The second-order valence-corrected chi connectivity index (χ2v) is 13.4. The van der Waals surface area contributed by atoms with E-state index in [2.05, 4.69) is 0 Å². The zero-order valence-electron chi connectivity index (χ0n) is 22.6. The third-order valence-electron chi connectivity index (χ3n) is 8.96. The van der Waals surface area contributed by atoms with E-state index in [1.807, 2.05) is 0 Å². The largest absolute Gasteiger partial charge is 0.435 e.